The molecule has 6 heteroatoms. The zero-order valence-corrected chi connectivity index (χ0v) is 12.5. The van der Waals surface area contributed by atoms with E-state index in [1.807, 2.05) is 13.8 Å². The standard InChI is InChI=1S/C12H22N4OS/c1-7(2)6-14-12-15-10(13)9(18-12)11(17)16(5)8(3)4/h7-8H,6,13H2,1-5H3,(H,14,15). The van der Waals surface area contributed by atoms with E-state index in [0.29, 0.717) is 21.7 Å². The molecule has 0 aliphatic rings. The molecule has 5 nitrogen and oxygen atoms in total. The summed E-state index contributed by atoms with van der Waals surface area (Å²) in [5.41, 5.74) is 5.80. The number of anilines is 2. The largest absolute Gasteiger partial charge is 0.382 e. The van der Waals surface area contributed by atoms with Crippen molar-refractivity contribution >= 4 is 28.2 Å². The van der Waals surface area contributed by atoms with Crippen molar-refractivity contribution in [3.63, 3.8) is 0 Å². The molecular weight excluding hydrogens is 248 g/mol. The summed E-state index contributed by atoms with van der Waals surface area (Å²) < 4.78 is 0. The number of nitrogens with one attached hydrogen (secondary N) is 1. The van der Waals surface area contributed by atoms with Gasteiger partial charge < -0.3 is 16.0 Å². The molecule has 0 aliphatic heterocycles. The Bertz CT molecular complexity index is 414. The maximum Gasteiger partial charge on any atom is 0.267 e. The van der Waals surface area contributed by atoms with Gasteiger partial charge in [0.1, 0.15) is 10.7 Å². The number of aromatic nitrogens is 1. The first kappa shape index (κ1) is 14.8. The Hall–Kier alpha value is -1.30. The van der Waals surface area contributed by atoms with Gasteiger partial charge in [0.2, 0.25) is 0 Å². The van der Waals surface area contributed by atoms with Crippen LogP contribution >= 0.6 is 11.3 Å². The number of amides is 1. The predicted molar refractivity (Wildman–Crippen MR) is 77.1 cm³/mol. The van der Waals surface area contributed by atoms with Gasteiger partial charge in [0, 0.05) is 19.6 Å². The van der Waals surface area contributed by atoms with Crippen LogP contribution in [0.3, 0.4) is 0 Å². The van der Waals surface area contributed by atoms with Crippen LogP contribution in [0, 0.1) is 5.92 Å². The van der Waals surface area contributed by atoms with E-state index < -0.39 is 0 Å². The monoisotopic (exact) mass is 270 g/mol. The van der Waals surface area contributed by atoms with Crippen LogP contribution in [0.15, 0.2) is 0 Å². The van der Waals surface area contributed by atoms with Crippen molar-refractivity contribution in [2.45, 2.75) is 33.7 Å². The van der Waals surface area contributed by atoms with Gasteiger partial charge in [-0.1, -0.05) is 25.2 Å². The lowest BCUT2D eigenvalue weighted by Crippen LogP contribution is -2.32. The highest BCUT2D eigenvalue weighted by Gasteiger charge is 2.21. The van der Waals surface area contributed by atoms with Gasteiger partial charge in [-0.25, -0.2) is 4.98 Å². The summed E-state index contributed by atoms with van der Waals surface area (Å²) in [4.78, 5) is 18.5. The van der Waals surface area contributed by atoms with Crippen LogP contribution in [0.1, 0.15) is 37.4 Å². The first-order chi connectivity index (χ1) is 8.32. The van der Waals surface area contributed by atoms with Crippen LogP contribution in [-0.2, 0) is 0 Å². The summed E-state index contributed by atoms with van der Waals surface area (Å²) in [5.74, 6) is 0.758. The first-order valence-electron chi connectivity index (χ1n) is 6.10. The summed E-state index contributed by atoms with van der Waals surface area (Å²) in [6.45, 7) is 8.98. The van der Waals surface area contributed by atoms with Crippen molar-refractivity contribution in [3.8, 4) is 0 Å². The molecule has 0 fully saturated rings. The van der Waals surface area contributed by atoms with E-state index in [1.54, 1.807) is 11.9 Å². The van der Waals surface area contributed by atoms with Crippen molar-refractivity contribution in [2.75, 3.05) is 24.6 Å². The Labute approximate surface area is 112 Å². The third-order valence-electron chi connectivity index (χ3n) is 2.60. The van der Waals surface area contributed by atoms with Gasteiger partial charge in [0.25, 0.3) is 5.91 Å². The van der Waals surface area contributed by atoms with Crippen molar-refractivity contribution in [3.05, 3.63) is 4.88 Å². The maximum atomic E-state index is 12.1. The number of nitrogens with zero attached hydrogens (tertiary/aromatic N) is 2. The number of carbonyl (C=O) groups excluding carboxylic acids is 1. The minimum Gasteiger partial charge on any atom is -0.382 e. The Balaban J connectivity index is 2.81. The molecule has 3 N–H and O–H groups in total. The van der Waals surface area contributed by atoms with E-state index in [2.05, 4.69) is 24.1 Å². The van der Waals surface area contributed by atoms with E-state index in [1.165, 1.54) is 11.3 Å². The molecule has 0 aromatic carbocycles. The van der Waals surface area contributed by atoms with Crippen LogP contribution in [0.5, 0.6) is 0 Å². The molecule has 1 aromatic rings. The van der Waals surface area contributed by atoms with Gasteiger partial charge in [-0.3, -0.25) is 4.79 Å². The average Bonchev–Trinajstić information content (AvgIpc) is 2.65. The van der Waals surface area contributed by atoms with Gasteiger partial charge in [-0.05, 0) is 19.8 Å². The topological polar surface area (TPSA) is 71.2 Å². The van der Waals surface area contributed by atoms with Crippen molar-refractivity contribution in [1.82, 2.24) is 9.88 Å². The number of hydrogen-bond acceptors (Lipinski definition) is 5. The SMILES string of the molecule is CC(C)CNc1nc(N)c(C(=O)N(C)C(C)C)s1. The fourth-order valence-corrected chi connectivity index (χ4v) is 2.12. The Morgan fingerprint density at radius 3 is 2.56 bits per heavy atom. The van der Waals surface area contributed by atoms with Gasteiger partial charge in [-0.2, -0.15) is 0 Å². The lowest BCUT2D eigenvalue weighted by atomic mass is 10.2. The fourth-order valence-electron chi connectivity index (χ4n) is 1.25. The molecule has 1 heterocycles. The van der Waals surface area contributed by atoms with Gasteiger partial charge in [-0.15, -0.1) is 0 Å². The van der Waals surface area contributed by atoms with Crippen LogP contribution in [0.25, 0.3) is 0 Å². The molecule has 0 bridgehead atoms. The molecule has 0 radical (unpaired) electrons. The van der Waals surface area contributed by atoms with E-state index in [9.17, 15) is 4.79 Å². The van der Waals surface area contributed by atoms with E-state index >= 15 is 0 Å². The highest BCUT2D eigenvalue weighted by atomic mass is 32.1. The number of nitrogen functional groups attached to an aromatic ring is 1. The number of rotatable bonds is 5. The van der Waals surface area contributed by atoms with Crippen LogP contribution < -0.4 is 11.1 Å². The van der Waals surface area contributed by atoms with Gasteiger partial charge in [0.15, 0.2) is 5.13 Å². The molecule has 1 amide bonds. The highest BCUT2D eigenvalue weighted by Crippen LogP contribution is 2.26. The summed E-state index contributed by atoms with van der Waals surface area (Å²) in [5, 5.41) is 3.89. The van der Waals surface area contributed by atoms with Crippen molar-refractivity contribution in [2.24, 2.45) is 5.92 Å². The molecule has 0 aliphatic carbocycles. The van der Waals surface area contributed by atoms with Crippen LogP contribution in [0.2, 0.25) is 0 Å². The van der Waals surface area contributed by atoms with Crippen molar-refractivity contribution < 1.29 is 4.79 Å². The van der Waals surface area contributed by atoms with Crippen molar-refractivity contribution in [1.29, 1.82) is 0 Å². The summed E-state index contributed by atoms with van der Waals surface area (Å²) in [6.07, 6.45) is 0. The number of thiazole rings is 1. The Morgan fingerprint density at radius 2 is 2.06 bits per heavy atom. The minimum absolute atomic E-state index is 0.0717. The highest BCUT2D eigenvalue weighted by molar-refractivity contribution is 7.18. The maximum absolute atomic E-state index is 12.1. The quantitative estimate of drug-likeness (QED) is 0.861. The summed E-state index contributed by atoms with van der Waals surface area (Å²) in [6, 6.07) is 0.145. The Kier molecular flexibility index (Phi) is 4.95. The van der Waals surface area contributed by atoms with E-state index in [-0.39, 0.29) is 11.9 Å². The molecule has 0 saturated heterocycles. The fraction of sp³-hybridized carbons (Fsp3) is 0.667. The molecular formula is C12H22N4OS. The summed E-state index contributed by atoms with van der Waals surface area (Å²) >= 11 is 1.32. The zero-order chi connectivity index (χ0) is 13.9. The van der Waals surface area contributed by atoms with E-state index in [0.717, 1.165) is 6.54 Å². The van der Waals surface area contributed by atoms with E-state index in [4.69, 9.17) is 5.73 Å². The lowest BCUT2D eigenvalue weighted by molar-refractivity contribution is 0.0760. The number of carbonyl (C=O) groups is 1. The molecule has 0 unspecified atom stereocenters. The Morgan fingerprint density at radius 1 is 1.44 bits per heavy atom. The molecule has 0 atom stereocenters. The number of nitrogens with two attached hydrogens (primary N) is 1. The van der Waals surface area contributed by atoms with Gasteiger partial charge in [0.05, 0.1) is 0 Å². The zero-order valence-electron chi connectivity index (χ0n) is 11.7. The molecule has 1 aromatic heterocycles. The average molecular weight is 270 g/mol. The lowest BCUT2D eigenvalue weighted by Gasteiger charge is -2.20. The van der Waals surface area contributed by atoms with Crippen LogP contribution in [0.4, 0.5) is 10.9 Å². The summed E-state index contributed by atoms with van der Waals surface area (Å²) in [7, 11) is 1.77. The number of hydrogen-bond donors (Lipinski definition) is 2. The first-order valence-corrected chi connectivity index (χ1v) is 6.91. The molecule has 18 heavy (non-hydrogen) atoms. The second-order valence-electron chi connectivity index (χ2n) is 5.02. The molecule has 0 saturated carbocycles. The third kappa shape index (κ3) is 3.60. The second kappa shape index (κ2) is 6.04. The third-order valence-corrected chi connectivity index (χ3v) is 3.62. The normalized spacial score (nSPS) is 11.1. The molecule has 1 rings (SSSR count). The van der Waals surface area contributed by atoms with Gasteiger partial charge >= 0.3 is 0 Å². The van der Waals surface area contributed by atoms with Crippen LogP contribution in [-0.4, -0.2) is 35.4 Å². The molecule has 102 valence electrons. The minimum atomic E-state index is -0.0717. The predicted octanol–water partition coefficient (Wildman–Crippen LogP) is 2.27. The smallest absolute Gasteiger partial charge is 0.267 e. The molecule has 0 spiro atoms. The second-order valence-corrected chi connectivity index (χ2v) is 6.02.